The molecule has 1 saturated carbocycles. The summed E-state index contributed by atoms with van der Waals surface area (Å²) in [6.07, 6.45) is 6.13. The van der Waals surface area contributed by atoms with E-state index in [4.69, 9.17) is 9.47 Å². The van der Waals surface area contributed by atoms with Crippen LogP contribution in [-0.4, -0.2) is 40.0 Å². The first kappa shape index (κ1) is 23.0. The van der Waals surface area contributed by atoms with Crippen molar-refractivity contribution in [1.29, 1.82) is 0 Å². The average molecular weight is 470 g/mol. The number of esters is 2. The van der Waals surface area contributed by atoms with Crippen molar-refractivity contribution in [3.8, 4) is 0 Å². The molecule has 33 heavy (non-hydrogen) atoms. The summed E-state index contributed by atoms with van der Waals surface area (Å²) >= 11 is 1.52. The highest BCUT2D eigenvalue weighted by Crippen LogP contribution is 2.27. The molecule has 3 aromatic heterocycles. The van der Waals surface area contributed by atoms with E-state index in [0.29, 0.717) is 11.3 Å². The van der Waals surface area contributed by atoms with E-state index in [1.54, 1.807) is 42.1 Å². The highest BCUT2D eigenvalue weighted by Gasteiger charge is 2.28. The van der Waals surface area contributed by atoms with Gasteiger partial charge in [-0.3, -0.25) is 14.6 Å². The Hall–Kier alpha value is -3.20. The van der Waals surface area contributed by atoms with Gasteiger partial charge in [0.15, 0.2) is 0 Å². The first-order valence-corrected chi connectivity index (χ1v) is 12.1. The summed E-state index contributed by atoms with van der Waals surface area (Å²) in [7, 11) is 0. The van der Waals surface area contributed by atoms with E-state index in [2.05, 4.69) is 10.3 Å². The maximum absolute atomic E-state index is 12.9. The van der Waals surface area contributed by atoms with Crippen LogP contribution in [0.25, 0.3) is 10.2 Å². The van der Waals surface area contributed by atoms with Crippen molar-refractivity contribution in [3.63, 3.8) is 0 Å². The van der Waals surface area contributed by atoms with Crippen molar-refractivity contribution in [2.24, 2.45) is 0 Å². The molecule has 0 aromatic carbocycles. The number of aryl methyl sites for hydroxylation is 1. The molecule has 1 aliphatic carbocycles. The summed E-state index contributed by atoms with van der Waals surface area (Å²) in [5.74, 6) is -1.28. The lowest BCUT2D eigenvalue weighted by molar-refractivity contribution is -0.157. The van der Waals surface area contributed by atoms with Crippen molar-refractivity contribution in [2.75, 3.05) is 6.61 Å². The minimum Gasteiger partial charge on any atom is -0.461 e. The van der Waals surface area contributed by atoms with Gasteiger partial charge in [-0.25, -0.2) is 4.79 Å². The third-order valence-electron chi connectivity index (χ3n) is 5.74. The van der Waals surface area contributed by atoms with Crippen LogP contribution in [0.4, 0.5) is 0 Å². The van der Waals surface area contributed by atoms with Crippen LogP contribution in [0.3, 0.4) is 0 Å². The van der Waals surface area contributed by atoms with Crippen molar-refractivity contribution in [1.82, 2.24) is 14.9 Å². The van der Waals surface area contributed by atoms with E-state index < -0.39 is 18.0 Å². The molecule has 174 valence electrons. The standard InChI is InChI=1S/C24H27N3O5S/c1-2-31-24(30)19-15-20-18(10-14-33-20)27(19)13-9-21(28)32-22(16-7-11-25-12-8-16)23(29)26-17-5-3-4-6-17/h7-8,10-12,14-15,17,22H,2-6,9,13H2,1H3,(H,26,29)/t22-/m1/s1. The highest BCUT2D eigenvalue weighted by molar-refractivity contribution is 7.17. The predicted molar refractivity (Wildman–Crippen MR) is 124 cm³/mol. The average Bonchev–Trinajstić information content (AvgIpc) is 3.55. The van der Waals surface area contributed by atoms with Gasteiger partial charge in [0, 0.05) is 30.5 Å². The first-order chi connectivity index (χ1) is 16.1. The number of thiophene rings is 1. The second-order valence-corrected chi connectivity index (χ2v) is 8.91. The van der Waals surface area contributed by atoms with Crippen LogP contribution in [0.15, 0.2) is 42.0 Å². The van der Waals surface area contributed by atoms with Gasteiger partial charge >= 0.3 is 11.9 Å². The molecule has 8 nitrogen and oxygen atoms in total. The molecule has 1 N–H and O–H groups in total. The summed E-state index contributed by atoms with van der Waals surface area (Å²) in [5, 5.41) is 4.94. The van der Waals surface area contributed by atoms with Gasteiger partial charge in [-0.05, 0) is 49.4 Å². The molecule has 0 spiro atoms. The zero-order valence-corrected chi connectivity index (χ0v) is 19.3. The quantitative estimate of drug-likeness (QED) is 0.476. The number of amides is 1. The van der Waals surface area contributed by atoms with E-state index in [0.717, 1.165) is 35.9 Å². The molecule has 1 aliphatic rings. The van der Waals surface area contributed by atoms with Gasteiger partial charge in [0.25, 0.3) is 5.91 Å². The number of carbonyl (C=O) groups excluding carboxylic acids is 3. The van der Waals surface area contributed by atoms with Gasteiger partial charge in [-0.1, -0.05) is 12.8 Å². The number of rotatable bonds is 9. The zero-order chi connectivity index (χ0) is 23.2. The van der Waals surface area contributed by atoms with Crippen molar-refractivity contribution >= 4 is 39.4 Å². The third kappa shape index (κ3) is 5.42. The molecule has 1 fully saturated rings. The van der Waals surface area contributed by atoms with Gasteiger partial charge in [0.2, 0.25) is 6.10 Å². The van der Waals surface area contributed by atoms with Crippen molar-refractivity contribution in [3.05, 3.63) is 53.3 Å². The summed E-state index contributed by atoms with van der Waals surface area (Å²) in [6, 6.07) is 7.14. The molecular weight excluding hydrogens is 442 g/mol. The highest BCUT2D eigenvalue weighted by atomic mass is 32.1. The number of fused-ring (bicyclic) bond motifs is 1. The van der Waals surface area contributed by atoms with Crippen molar-refractivity contribution < 1.29 is 23.9 Å². The number of carbonyl (C=O) groups is 3. The minimum atomic E-state index is -1.04. The van der Waals surface area contributed by atoms with Crippen molar-refractivity contribution in [2.45, 2.75) is 57.7 Å². The second kappa shape index (κ2) is 10.6. The predicted octanol–water partition coefficient (Wildman–Crippen LogP) is 4.01. The Kier molecular flexibility index (Phi) is 7.39. The van der Waals surface area contributed by atoms with Crippen LogP contribution in [0.2, 0.25) is 0 Å². The summed E-state index contributed by atoms with van der Waals surface area (Å²) in [4.78, 5) is 42.1. The van der Waals surface area contributed by atoms with Gasteiger partial charge in [0.05, 0.1) is 23.2 Å². The largest absolute Gasteiger partial charge is 0.461 e. The second-order valence-electron chi connectivity index (χ2n) is 7.96. The number of ether oxygens (including phenoxy) is 2. The molecule has 4 rings (SSSR count). The van der Waals surface area contributed by atoms with Gasteiger partial charge < -0.3 is 19.4 Å². The fourth-order valence-corrected chi connectivity index (χ4v) is 4.97. The van der Waals surface area contributed by atoms with E-state index in [9.17, 15) is 14.4 Å². The Morgan fingerprint density at radius 2 is 1.97 bits per heavy atom. The normalized spacial score (nSPS) is 14.8. The van der Waals surface area contributed by atoms with Crippen LogP contribution < -0.4 is 5.32 Å². The smallest absolute Gasteiger partial charge is 0.355 e. The Morgan fingerprint density at radius 3 is 2.70 bits per heavy atom. The van der Waals surface area contributed by atoms with Gasteiger partial charge in [0.1, 0.15) is 5.69 Å². The fourth-order valence-electron chi connectivity index (χ4n) is 4.14. The molecule has 1 amide bonds. The molecule has 3 aromatic rings. The van der Waals surface area contributed by atoms with Crippen LogP contribution >= 0.6 is 11.3 Å². The number of nitrogens with zero attached hydrogens (tertiary/aromatic N) is 2. The van der Waals surface area contributed by atoms with Gasteiger partial charge in [-0.2, -0.15) is 0 Å². The third-order valence-corrected chi connectivity index (χ3v) is 6.60. The van der Waals surface area contributed by atoms with Crippen LogP contribution in [0, 0.1) is 0 Å². The Balaban J connectivity index is 1.47. The molecule has 3 heterocycles. The topological polar surface area (TPSA) is 99.5 Å². The van der Waals surface area contributed by atoms with E-state index in [1.807, 2.05) is 11.4 Å². The van der Waals surface area contributed by atoms with Crippen LogP contribution in [0.5, 0.6) is 0 Å². The van der Waals surface area contributed by atoms with Crippen LogP contribution in [0.1, 0.15) is 61.2 Å². The monoisotopic (exact) mass is 469 g/mol. The summed E-state index contributed by atoms with van der Waals surface area (Å²) in [5.41, 5.74) is 1.83. The molecule has 0 unspecified atom stereocenters. The lowest BCUT2D eigenvalue weighted by Crippen LogP contribution is -2.38. The van der Waals surface area contributed by atoms with E-state index in [1.165, 1.54) is 11.3 Å². The Bertz CT molecular complexity index is 1120. The van der Waals surface area contributed by atoms with E-state index in [-0.39, 0.29) is 31.5 Å². The molecular formula is C24H27N3O5S. The SMILES string of the molecule is CCOC(=O)c1cc2sccc2n1CCC(=O)O[C@@H](C(=O)NC1CCCC1)c1ccncc1. The minimum absolute atomic E-state index is 0.00429. The van der Waals surface area contributed by atoms with E-state index >= 15 is 0 Å². The Morgan fingerprint density at radius 1 is 1.21 bits per heavy atom. The number of hydrogen-bond acceptors (Lipinski definition) is 7. The van der Waals surface area contributed by atoms with Gasteiger partial charge in [-0.15, -0.1) is 11.3 Å². The lowest BCUT2D eigenvalue weighted by atomic mass is 10.1. The first-order valence-electron chi connectivity index (χ1n) is 11.2. The molecule has 0 saturated heterocycles. The molecule has 9 heteroatoms. The fraction of sp³-hybridized carbons (Fsp3) is 0.417. The maximum Gasteiger partial charge on any atom is 0.355 e. The molecule has 0 bridgehead atoms. The number of hydrogen-bond donors (Lipinski definition) is 1. The molecule has 1 atom stereocenters. The summed E-state index contributed by atoms with van der Waals surface area (Å²) in [6.45, 7) is 2.25. The Labute approximate surface area is 195 Å². The van der Waals surface area contributed by atoms with Crippen LogP contribution in [-0.2, 0) is 25.6 Å². The maximum atomic E-state index is 12.9. The summed E-state index contributed by atoms with van der Waals surface area (Å²) < 4.78 is 13.5. The zero-order valence-electron chi connectivity index (χ0n) is 18.5. The number of nitrogens with one attached hydrogen (secondary N) is 1. The lowest BCUT2D eigenvalue weighted by Gasteiger charge is -2.20. The molecule has 0 aliphatic heterocycles. The molecule has 0 radical (unpaired) electrons. The number of aromatic nitrogens is 2. The number of pyridine rings is 1.